The van der Waals surface area contributed by atoms with E-state index in [4.69, 9.17) is 0 Å². The van der Waals surface area contributed by atoms with E-state index < -0.39 is 5.41 Å². The lowest BCUT2D eigenvalue weighted by molar-refractivity contribution is -0.140. The van der Waals surface area contributed by atoms with Gasteiger partial charge in [0.15, 0.2) is 0 Å². The maximum Gasteiger partial charge on any atom is 0.253 e. The lowest BCUT2D eigenvalue weighted by Gasteiger charge is -2.29. The first-order valence-corrected chi connectivity index (χ1v) is 8.65. The summed E-state index contributed by atoms with van der Waals surface area (Å²) in [6, 6.07) is 7.86. The van der Waals surface area contributed by atoms with Crippen molar-refractivity contribution in [3.05, 3.63) is 45.7 Å². The predicted molar refractivity (Wildman–Crippen MR) is 99.1 cm³/mol. The average Bonchev–Trinajstić information content (AvgIpc) is 2.51. The fourth-order valence-corrected chi connectivity index (χ4v) is 2.83. The number of nitrogens with one attached hydrogen (secondary N) is 1. The second-order valence-electron chi connectivity index (χ2n) is 7.49. The number of para-hydroxylation sites is 1. The molecular weight excluding hydrogens is 300 g/mol. The average molecular weight is 328 g/mol. The molecule has 0 aliphatic rings. The Labute approximate surface area is 143 Å². The first-order chi connectivity index (χ1) is 11.2. The molecule has 0 aliphatic heterocycles. The van der Waals surface area contributed by atoms with Crippen LogP contribution in [0.2, 0.25) is 0 Å². The van der Waals surface area contributed by atoms with Gasteiger partial charge >= 0.3 is 0 Å². The normalized spacial score (nSPS) is 11.7. The number of amides is 1. The molecule has 1 heterocycles. The van der Waals surface area contributed by atoms with Crippen LogP contribution >= 0.6 is 0 Å². The van der Waals surface area contributed by atoms with Crippen molar-refractivity contribution in [2.75, 3.05) is 6.54 Å². The minimum atomic E-state index is -0.450. The summed E-state index contributed by atoms with van der Waals surface area (Å²) in [6.07, 6.45) is 1.95. The Hall–Kier alpha value is -2.10. The molecule has 1 amide bonds. The van der Waals surface area contributed by atoms with Crippen molar-refractivity contribution in [3.8, 4) is 0 Å². The van der Waals surface area contributed by atoms with Gasteiger partial charge in [0.2, 0.25) is 5.91 Å². The Morgan fingerprint density at radius 2 is 1.96 bits per heavy atom. The largest absolute Gasteiger partial charge is 0.338 e. The molecule has 0 aliphatic carbocycles. The number of benzene rings is 1. The van der Waals surface area contributed by atoms with Gasteiger partial charge < -0.3 is 9.88 Å². The van der Waals surface area contributed by atoms with E-state index in [1.165, 1.54) is 0 Å². The SMILES string of the molecule is CCCCN(Cc1cc2cccc(C)c2[nH]c1=O)C(=O)C(C)(C)C. The third kappa shape index (κ3) is 4.05. The number of fused-ring (bicyclic) bond motifs is 1. The molecule has 2 aromatic rings. The minimum Gasteiger partial charge on any atom is -0.338 e. The number of aryl methyl sites for hydroxylation is 1. The number of H-pyrrole nitrogens is 1. The summed E-state index contributed by atoms with van der Waals surface area (Å²) < 4.78 is 0. The Morgan fingerprint density at radius 3 is 2.58 bits per heavy atom. The zero-order valence-corrected chi connectivity index (χ0v) is 15.4. The summed E-state index contributed by atoms with van der Waals surface area (Å²) in [7, 11) is 0. The summed E-state index contributed by atoms with van der Waals surface area (Å²) in [4.78, 5) is 30.0. The quantitative estimate of drug-likeness (QED) is 0.901. The van der Waals surface area contributed by atoms with Crippen molar-refractivity contribution >= 4 is 16.8 Å². The van der Waals surface area contributed by atoms with Crippen LogP contribution in [-0.2, 0) is 11.3 Å². The van der Waals surface area contributed by atoms with Crippen LogP contribution in [0.4, 0.5) is 0 Å². The van der Waals surface area contributed by atoms with E-state index in [-0.39, 0.29) is 11.5 Å². The molecule has 0 atom stereocenters. The van der Waals surface area contributed by atoms with Crippen LogP contribution in [-0.4, -0.2) is 22.3 Å². The van der Waals surface area contributed by atoms with E-state index in [0.29, 0.717) is 18.7 Å². The number of carbonyl (C=O) groups is 1. The first kappa shape index (κ1) is 18.2. The Balaban J connectivity index is 2.38. The minimum absolute atomic E-state index is 0.0830. The molecule has 1 aromatic heterocycles. The molecule has 0 saturated heterocycles. The zero-order chi connectivity index (χ0) is 17.9. The van der Waals surface area contributed by atoms with E-state index in [1.54, 1.807) is 0 Å². The highest BCUT2D eigenvalue weighted by atomic mass is 16.2. The molecule has 4 heteroatoms. The van der Waals surface area contributed by atoms with Crippen molar-refractivity contribution in [1.82, 2.24) is 9.88 Å². The highest BCUT2D eigenvalue weighted by Crippen LogP contribution is 2.20. The lowest BCUT2D eigenvalue weighted by Crippen LogP contribution is -2.40. The molecule has 24 heavy (non-hydrogen) atoms. The van der Waals surface area contributed by atoms with Crippen molar-refractivity contribution in [1.29, 1.82) is 0 Å². The maximum atomic E-state index is 12.7. The number of aromatic amines is 1. The summed E-state index contributed by atoms with van der Waals surface area (Å²) in [5.41, 5.74) is 1.99. The van der Waals surface area contributed by atoms with Gasteiger partial charge in [-0.2, -0.15) is 0 Å². The third-order valence-corrected chi connectivity index (χ3v) is 4.24. The van der Waals surface area contributed by atoms with E-state index in [2.05, 4.69) is 11.9 Å². The molecule has 1 N–H and O–H groups in total. The topological polar surface area (TPSA) is 53.2 Å². The van der Waals surface area contributed by atoms with Gasteiger partial charge in [0, 0.05) is 17.5 Å². The Morgan fingerprint density at radius 1 is 1.25 bits per heavy atom. The van der Waals surface area contributed by atoms with Gasteiger partial charge in [-0.15, -0.1) is 0 Å². The van der Waals surface area contributed by atoms with Crippen LogP contribution in [0, 0.1) is 12.3 Å². The van der Waals surface area contributed by atoms with E-state index in [1.807, 2.05) is 56.9 Å². The van der Waals surface area contributed by atoms with E-state index in [9.17, 15) is 9.59 Å². The summed E-state index contributed by atoms with van der Waals surface area (Å²) >= 11 is 0. The number of carbonyl (C=O) groups excluding carboxylic acids is 1. The molecule has 0 saturated carbocycles. The first-order valence-electron chi connectivity index (χ1n) is 8.65. The van der Waals surface area contributed by atoms with Crippen molar-refractivity contribution < 1.29 is 4.79 Å². The molecular formula is C20H28N2O2. The molecule has 0 bridgehead atoms. The molecule has 4 nitrogen and oxygen atoms in total. The van der Waals surface area contributed by atoms with Crippen molar-refractivity contribution in [2.45, 2.75) is 54.0 Å². The number of nitrogens with zero attached hydrogens (tertiary/aromatic N) is 1. The van der Waals surface area contributed by atoms with Crippen molar-refractivity contribution in [3.63, 3.8) is 0 Å². The van der Waals surface area contributed by atoms with Gasteiger partial charge in [0.05, 0.1) is 12.1 Å². The van der Waals surface area contributed by atoms with Crippen LogP contribution in [0.3, 0.4) is 0 Å². The number of pyridine rings is 1. The van der Waals surface area contributed by atoms with Crippen molar-refractivity contribution in [2.24, 2.45) is 5.41 Å². The number of hydrogen-bond acceptors (Lipinski definition) is 2. The van der Waals surface area contributed by atoms with Crippen LogP contribution in [0.1, 0.15) is 51.7 Å². The van der Waals surface area contributed by atoms with Gasteiger partial charge in [-0.25, -0.2) is 0 Å². The zero-order valence-electron chi connectivity index (χ0n) is 15.4. The smallest absolute Gasteiger partial charge is 0.253 e. The predicted octanol–water partition coefficient (Wildman–Crippen LogP) is 4.01. The fourth-order valence-electron chi connectivity index (χ4n) is 2.83. The second-order valence-corrected chi connectivity index (χ2v) is 7.49. The summed E-state index contributed by atoms with van der Waals surface area (Å²) in [5.74, 6) is 0.0830. The fraction of sp³-hybridized carbons (Fsp3) is 0.500. The molecule has 0 fully saturated rings. The molecule has 0 unspecified atom stereocenters. The molecule has 2 rings (SSSR count). The third-order valence-electron chi connectivity index (χ3n) is 4.24. The van der Waals surface area contributed by atoms with Gasteiger partial charge in [-0.3, -0.25) is 9.59 Å². The Bertz CT molecular complexity index is 784. The van der Waals surface area contributed by atoms with Crippen LogP contribution in [0.15, 0.2) is 29.1 Å². The van der Waals surface area contributed by atoms with Gasteiger partial charge in [-0.05, 0) is 30.4 Å². The monoisotopic (exact) mass is 328 g/mol. The molecule has 130 valence electrons. The van der Waals surface area contributed by atoms with Gasteiger partial charge in [-0.1, -0.05) is 52.3 Å². The highest BCUT2D eigenvalue weighted by molar-refractivity contribution is 5.83. The van der Waals surface area contributed by atoms with Gasteiger partial charge in [0.1, 0.15) is 0 Å². The number of aromatic nitrogens is 1. The number of rotatable bonds is 5. The number of unbranched alkanes of at least 4 members (excludes halogenated alkanes) is 1. The molecule has 0 radical (unpaired) electrons. The molecule has 0 spiro atoms. The second kappa shape index (κ2) is 7.20. The molecule has 1 aromatic carbocycles. The summed E-state index contributed by atoms with van der Waals surface area (Å²) in [5, 5.41) is 1.00. The number of hydrogen-bond donors (Lipinski definition) is 1. The summed E-state index contributed by atoms with van der Waals surface area (Å²) in [6.45, 7) is 10.9. The van der Waals surface area contributed by atoms with Crippen LogP contribution < -0.4 is 5.56 Å². The highest BCUT2D eigenvalue weighted by Gasteiger charge is 2.27. The van der Waals surface area contributed by atoms with Gasteiger partial charge in [0.25, 0.3) is 5.56 Å². The maximum absolute atomic E-state index is 12.7. The van der Waals surface area contributed by atoms with E-state index in [0.717, 1.165) is 29.3 Å². The lowest BCUT2D eigenvalue weighted by atomic mass is 9.94. The Kier molecular flexibility index (Phi) is 5.47. The van der Waals surface area contributed by atoms with E-state index >= 15 is 0 Å². The van der Waals surface area contributed by atoms with Crippen LogP contribution in [0.25, 0.3) is 10.9 Å². The van der Waals surface area contributed by atoms with Crippen LogP contribution in [0.5, 0.6) is 0 Å². The standard InChI is InChI=1S/C20H28N2O2/c1-6-7-11-22(19(24)20(3,4)5)13-16-12-15-10-8-9-14(2)17(15)21-18(16)23/h8-10,12H,6-7,11,13H2,1-5H3,(H,21,23).